The number of phenols is 1. The van der Waals surface area contributed by atoms with Crippen LogP contribution in [0.4, 0.5) is 51.0 Å². The van der Waals surface area contributed by atoms with Crippen LogP contribution in [0.2, 0.25) is 10.0 Å². The molecule has 1 saturated carbocycles. The molecule has 4 amide bonds. The van der Waals surface area contributed by atoms with E-state index in [0.717, 1.165) is 0 Å². The van der Waals surface area contributed by atoms with E-state index in [2.05, 4.69) is 10.4 Å². The molecule has 64 heavy (non-hydrogen) atoms. The van der Waals surface area contributed by atoms with Gasteiger partial charge in [0.25, 0.3) is 11.8 Å². The number of amides is 4. The number of hydrogen-bond acceptors (Lipinski definition) is 9. The summed E-state index contributed by atoms with van der Waals surface area (Å²) >= 11 is 12.5. The van der Waals surface area contributed by atoms with E-state index in [1.54, 1.807) is 0 Å². The van der Waals surface area contributed by atoms with E-state index >= 15 is 4.79 Å². The number of phenolic OH excluding ortho intramolecular Hbond substituents is 1. The summed E-state index contributed by atoms with van der Waals surface area (Å²) in [6.45, 7) is 0. The van der Waals surface area contributed by atoms with E-state index in [9.17, 15) is 59.0 Å². The van der Waals surface area contributed by atoms with Crippen molar-refractivity contribution in [1.29, 1.82) is 0 Å². The topological polar surface area (TPSA) is 138 Å². The van der Waals surface area contributed by atoms with Gasteiger partial charge >= 0.3 is 18.5 Å². The number of carbonyl (C=O) groups is 4. The minimum atomic E-state index is -5.33. The minimum absolute atomic E-state index is 0.121. The van der Waals surface area contributed by atoms with Crippen LogP contribution in [-0.4, -0.2) is 52.9 Å². The molecule has 2 saturated heterocycles. The van der Waals surface area contributed by atoms with Gasteiger partial charge in [0.15, 0.2) is 17.3 Å². The van der Waals surface area contributed by atoms with Crippen molar-refractivity contribution in [3.8, 4) is 17.2 Å². The second-order valence-electron chi connectivity index (χ2n) is 15.5. The monoisotopic (exact) mass is 942 g/mol. The lowest BCUT2D eigenvalue weighted by Gasteiger charge is -2.50. The molecule has 0 bridgehead atoms. The van der Waals surface area contributed by atoms with Crippen LogP contribution >= 0.6 is 23.2 Å². The van der Waals surface area contributed by atoms with Crippen molar-refractivity contribution in [2.75, 3.05) is 24.5 Å². The summed E-state index contributed by atoms with van der Waals surface area (Å²) in [5.74, 6) is -12.8. The summed E-state index contributed by atoms with van der Waals surface area (Å²) in [7, 11) is 2.41. The number of hydrogen-bond donors (Lipinski definition) is 2. The maximum atomic E-state index is 15.4. The van der Waals surface area contributed by atoms with Crippen molar-refractivity contribution in [2.45, 2.75) is 42.7 Å². The lowest BCUT2D eigenvalue weighted by Crippen LogP contribution is -2.53. The summed E-state index contributed by atoms with van der Waals surface area (Å²) in [4.78, 5) is 63.2. The van der Waals surface area contributed by atoms with Gasteiger partial charge in [-0.05, 0) is 78.4 Å². The number of pyridine rings is 1. The Kier molecular flexibility index (Phi) is 10.7. The quantitative estimate of drug-likeness (QED) is 0.106. The molecule has 1 aromatic heterocycles. The summed E-state index contributed by atoms with van der Waals surface area (Å²) in [5.41, 5.74) is -4.92. The number of halogens is 11. The molecule has 2 aliphatic carbocycles. The number of alkyl halides is 9. The van der Waals surface area contributed by atoms with Crippen LogP contribution in [-0.2, 0) is 43.1 Å². The van der Waals surface area contributed by atoms with Crippen LogP contribution in [0, 0.1) is 23.7 Å². The van der Waals surface area contributed by atoms with E-state index in [1.165, 1.54) is 56.7 Å². The Bertz CT molecular complexity index is 2620. The van der Waals surface area contributed by atoms with Gasteiger partial charge in [-0.3, -0.25) is 24.6 Å². The fourth-order valence-corrected chi connectivity index (χ4v) is 9.89. The standard InChI is InChI=1S/C42H29Cl2F9N4O7/c1-63-29-9-17(10-30(64-2)33(29)58)32-24-7-8-25-31(37(61)56(35(25)59)23-12-19(40(45,46)47)11-20(13-23)41(48,49)50)26(24)15-27-36(60)57(38(62)39(27,32)18-3-5-22(43)6-4-18)55-34-28(44)14-21(16-54-34)42(51,52)53/h3-7,9-14,16,25-27,31-32,58H,8,15H2,1-2H3,(H,54,55)/t25-,26+,27-,31-,32-,39+/m0/s1. The number of benzene rings is 3. The first kappa shape index (κ1) is 44.6. The summed E-state index contributed by atoms with van der Waals surface area (Å²) in [6.07, 6.45) is -14.4. The van der Waals surface area contributed by atoms with E-state index in [1.807, 2.05) is 0 Å². The Hall–Kier alpha value is -6.02. The predicted molar refractivity (Wildman–Crippen MR) is 207 cm³/mol. The van der Waals surface area contributed by atoms with Gasteiger partial charge in [-0.2, -0.15) is 44.5 Å². The molecule has 22 heteroatoms. The molecule has 0 unspecified atom stereocenters. The van der Waals surface area contributed by atoms with E-state index < -0.39 is 123 Å². The first-order valence-corrected chi connectivity index (χ1v) is 19.6. The average Bonchev–Trinajstić information content (AvgIpc) is 3.61. The molecule has 2 N–H and O–H groups in total. The Morgan fingerprint density at radius 2 is 1.34 bits per heavy atom. The molecule has 336 valence electrons. The number of imide groups is 2. The smallest absolute Gasteiger partial charge is 0.417 e. The number of aromatic hydroxyl groups is 1. The maximum absolute atomic E-state index is 15.4. The van der Waals surface area contributed by atoms with Crippen molar-refractivity contribution < 1.29 is 73.3 Å². The van der Waals surface area contributed by atoms with Gasteiger partial charge in [0.2, 0.25) is 17.6 Å². The zero-order valence-corrected chi connectivity index (χ0v) is 34.1. The maximum Gasteiger partial charge on any atom is 0.417 e. The number of anilines is 2. The Morgan fingerprint density at radius 3 is 1.88 bits per heavy atom. The van der Waals surface area contributed by atoms with Crippen LogP contribution in [0.15, 0.2) is 78.5 Å². The fourth-order valence-electron chi connectivity index (χ4n) is 9.56. The SMILES string of the molecule is COc1cc([C@H]2C3=CC[C@@H]4C(=O)N(c5cc(C(F)(F)F)cc(C(F)(F)F)c5)C(=O)[C@@H]4[C@@H]3C[C@H]3C(=O)N(Nc4ncc(C(F)(F)F)cc4Cl)C(=O)[C@@]23c2ccc(Cl)cc2)cc(OC)c1O. The van der Waals surface area contributed by atoms with Gasteiger partial charge in [0, 0.05) is 17.1 Å². The van der Waals surface area contributed by atoms with E-state index in [0.29, 0.717) is 17.3 Å². The number of allylic oxidation sites excluding steroid dienone is 2. The van der Waals surface area contributed by atoms with Crippen LogP contribution in [0.1, 0.15) is 46.6 Å². The number of hydrazine groups is 1. The Balaban J connectivity index is 1.33. The number of ether oxygens (including phenoxy) is 2. The molecule has 3 aromatic carbocycles. The summed E-state index contributed by atoms with van der Waals surface area (Å²) in [6, 6.07) is 9.23. The molecule has 6 atom stereocenters. The lowest BCUT2D eigenvalue weighted by molar-refractivity contribution is -0.143. The lowest BCUT2D eigenvalue weighted by atomic mass is 9.49. The van der Waals surface area contributed by atoms with E-state index in [-0.39, 0.29) is 62.7 Å². The first-order chi connectivity index (χ1) is 29.9. The number of carbonyl (C=O) groups excluding carboxylic acids is 4. The molecular formula is C42H29Cl2F9N4O7. The molecule has 0 radical (unpaired) electrons. The predicted octanol–water partition coefficient (Wildman–Crippen LogP) is 9.36. The van der Waals surface area contributed by atoms with Gasteiger partial charge in [-0.25, -0.2) is 9.88 Å². The van der Waals surface area contributed by atoms with Crippen LogP contribution in [0.5, 0.6) is 17.2 Å². The van der Waals surface area contributed by atoms with Gasteiger partial charge in [-0.1, -0.05) is 47.0 Å². The number of rotatable bonds is 7. The second kappa shape index (κ2) is 15.3. The average molecular weight is 944 g/mol. The van der Waals surface area contributed by atoms with Crippen LogP contribution < -0.4 is 19.8 Å². The van der Waals surface area contributed by atoms with Crippen LogP contribution in [0.3, 0.4) is 0 Å². The van der Waals surface area contributed by atoms with Gasteiger partial charge in [0.05, 0.1) is 64.8 Å². The second-order valence-corrected chi connectivity index (χ2v) is 16.3. The van der Waals surface area contributed by atoms with Crippen molar-refractivity contribution in [1.82, 2.24) is 9.99 Å². The molecule has 0 spiro atoms. The molecule has 2 aliphatic heterocycles. The highest BCUT2D eigenvalue weighted by Crippen LogP contribution is 2.65. The Morgan fingerprint density at radius 1 is 0.766 bits per heavy atom. The molecule has 3 fully saturated rings. The third-order valence-corrected chi connectivity index (χ3v) is 12.8. The highest BCUT2D eigenvalue weighted by atomic mass is 35.5. The zero-order chi connectivity index (χ0) is 46.6. The molecule has 4 aromatic rings. The number of nitrogens with one attached hydrogen (secondary N) is 1. The molecule has 4 aliphatic rings. The largest absolute Gasteiger partial charge is 0.502 e. The molecule has 3 heterocycles. The third kappa shape index (κ3) is 6.96. The number of fused-ring (bicyclic) bond motifs is 4. The summed E-state index contributed by atoms with van der Waals surface area (Å²) in [5, 5.41) is 11.0. The normalized spacial score (nSPS) is 24.6. The van der Waals surface area contributed by atoms with Gasteiger partial charge < -0.3 is 14.6 Å². The first-order valence-electron chi connectivity index (χ1n) is 18.9. The summed E-state index contributed by atoms with van der Waals surface area (Å²) < 4.78 is 135. The van der Waals surface area contributed by atoms with Crippen molar-refractivity contribution in [3.63, 3.8) is 0 Å². The van der Waals surface area contributed by atoms with Crippen molar-refractivity contribution in [2.24, 2.45) is 23.7 Å². The van der Waals surface area contributed by atoms with Gasteiger partial charge in [-0.15, -0.1) is 0 Å². The third-order valence-electron chi connectivity index (χ3n) is 12.2. The molecule has 11 nitrogen and oxygen atoms in total. The number of aromatic nitrogens is 1. The highest BCUT2D eigenvalue weighted by molar-refractivity contribution is 6.33. The van der Waals surface area contributed by atoms with Gasteiger partial charge in [0.1, 0.15) is 0 Å². The molecular weight excluding hydrogens is 914 g/mol. The number of methoxy groups -OCH3 is 2. The molecule has 8 rings (SSSR count). The highest BCUT2D eigenvalue weighted by Gasteiger charge is 2.70. The van der Waals surface area contributed by atoms with E-state index in [4.69, 9.17) is 32.7 Å². The fraction of sp³-hybridized carbons (Fsp3) is 0.310. The minimum Gasteiger partial charge on any atom is -0.502 e. The van der Waals surface area contributed by atoms with Crippen molar-refractivity contribution in [3.05, 3.63) is 116 Å². The Labute approximate surface area is 365 Å². The van der Waals surface area contributed by atoms with Crippen molar-refractivity contribution >= 4 is 58.3 Å². The zero-order valence-electron chi connectivity index (χ0n) is 32.6. The van der Waals surface area contributed by atoms with Crippen LogP contribution in [0.25, 0.3) is 0 Å². The number of nitrogens with zero attached hydrogens (tertiary/aromatic N) is 3.